The summed E-state index contributed by atoms with van der Waals surface area (Å²) in [7, 11) is 1.72. The SMILES string of the molecule is Cc1nc(CN(C)c2ccc(C#N)cc2F)no1. The molecule has 1 aromatic carbocycles. The summed E-state index contributed by atoms with van der Waals surface area (Å²) in [6.45, 7) is 2.03. The first-order valence-electron chi connectivity index (χ1n) is 5.30. The van der Waals surface area contributed by atoms with E-state index in [1.807, 2.05) is 6.07 Å². The zero-order valence-electron chi connectivity index (χ0n) is 10.0. The lowest BCUT2D eigenvalue weighted by molar-refractivity contribution is 0.387. The number of nitrogens with zero attached hydrogens (tertiary/aromatic N) is 4. The fourth-order valence-electron chi connectivity index (χ4n) is 1.59. The maximum atomic E-state index is 13.7. The Labute approximate surface area is 103 Å². The van der Waals surface area contributed by atoms with Gasteiger partial charge in [0.05, 0.1) is 23.9 Å². The third kappa shape index (κ3) is 2.46. The van der Waals surface area contributed by atoms with Crippen LogP contribution in [-0.2, 0) is 6.54 Å². The van der Waals surface area contributed by atoms with Gasteiger partial charge in [-0.1, -0.05) is 5.16 Å². The maximum Gasteiger partial charge on any atom is 0.223 e. The first-order valence-corrected chi connectivity index (χ1v) is 5.30. The van der Waals surface area contributed by atoms with Crippen molar-refractivity contribution in [2.24, 2.45) is 0 Å². The van der Waals surface area contributed by atoms with Gasteiger partial charge in [0.2, 0.25) is 5.89 Å². The van der Waals surface area contributed by atoms with Crippen LogP contribution >= 0.6 is 0 Å². The number of hydrogen-bond acceptors (Lipinski definition) is 5. The fourth-order valence-corrected chi connectivity index (χ4v) is 1.59. The summed E-state index contributed by atoms with van der Waals surface area (Å²) in [6.07, 6.45) is 0. The highest BCUT2D eigenvalue weighted by molar-refractivity contribution is 5.50. The number of rotatable bonds is 3. The summed E-state index contributed by atoms with van der Waals surface area (Å²) < 4.78 is 18.6. The van der Waals surface area contributed by atoms with Crippen molar-refractivity contribution in [3.05, 3.63) is 41.3 Å². The molecule has 1 aromatic heterocycles. The number of aromatic nitrogens is 2. The first kappa shape index (κ1) is 12.0. The number of halogens is 1. The van der Waals surface area contributed by atoms with E-state index in [1.54, 1.807) is 31.0 Å². The lowest BCUT2D eigenvalue weighted by Crippen LogP contribution is -2.18. The number of aryl methyl sites for hydroxylation is 1. The van der Waals surface area contributed by atoms with E-state index < -0.39 is 5.82 Å². The van der Waals surface area contributed by atoms with Crippen molar-refractivity contribution in [3.8, 4) is 6.07 Å². The van der Waals surface area contributed by atoms with Gasteiger partial charge in [-0.2, -0.15) is 10.2 Å². The van der Waals surface area contributed by atoms with Crippen LogP contribution in [0.3, 0.4) is 0 Å². The lowest BCUT2D eigenvalue weighted by atomic mass is 10.2. The van der Waals surface area contributed by atoms with Crippen molar-refractivity contribution in [3.63, 3.8) is 0 Å². The van der Waals surface area contributed by atoms with Gasteiger partial charge in [-0.3, -0.25) is 0 Å². The number of nitriles is 1. The standard InChI is InChI=1S/C12H11FN4O/c1-8-15-12(16-18-8)7-17(2)11-4-3-9(6-14)5-10(11)13/h3-5H,7H2,1-2H3. The molecule has 0 aliphatic rings. The minimum absolute atomic E-state index is 0.292. The lowest BCUT2D eigenvalue weighted by Gasteiger charge is -2.17. The molecule has 1 heterocycles. The highest BCUT2D eigenvalue weighted by Gasteiger charge is 2.11. The molecule has 92 valence electrons. The summed E-state index contributed by atoms with van der Waals surface area (Å²) in [4.78, 5) is 5.70. The van der Waals surface area contributed by atoms with E-state index in [0.717, 1.165) is 0 Å². The van der Waals surface area contributed by atoms with Crippen LogP contribution in [0.5, 0.6) is 0 Å². The van der Waals surface area contributed by atoms with Crippen LogP contribution in [0.1, 0.15) is 17.3 Å². The van der Waals surface area contributed by atoms with E-state index in [0.29, 0.717) is 29.5 Å². The van der Waals surface area contributed by atoms with Gasteiger partial charge in [0, 0.05) is 14.0 Å². The van der Waals surface area contributed by atoms with Gasteiger partial charge in [0.15, 0.2) is 5.82 Å². The molecule has 0 saturated carbocycles. The molecule has 6 heteroatoms. The Morgan fingerprint density at radius 3 is 2.83 bits per heavy atom. The van der Waals surface area contributed by atoms with E-state index in [9.17, 15) is 4.39 Å². The van der Waals surface area contributed by atoms with Crippen molar-refractivity contribution in [1.29, 1.82) is 5.26 Å². The average molecular weight is 246 g/mol. The second-order valence-corrected chi connectivity index (χ2v) is 3.86. The van der Waals surface area contributed by atoms with Crippen LogP contribution < -0.4 is 4.90 Å². The van der Waals surface area contributed by atoms with Crippen LogP contribution in [0.25, 0.3) is 0 Å². The van der Waals surface area contributed by atoms with Crippen molar-refractivity contribution in [2.45, 2.75) is 13.5 Å². The Morgan fingerprint density at radius 2 is 2.28 bits per heavy atom. The summed E-state index contributed by atoms with van der Waals surface area (Å²) in [5.74, 6) is 0.509. The normalized spacial score (nSPS) is 10.1. The number of hydrogen-bond donors (Lipinski definition) is 0. The Hall–Kier alpha value is -2.42. The molecule has 0 bridgehead atoms. The average Bonchev–Trinajstić information content (AvgIpc) is 2.74. The molecule has 5 nitrogen and oxygen atoms in total. The largest absolute Gasteiger partial charge is 0.365 e. The molecule has 18 heavy (non-hydrogen) atoms. The zero-order valence-corrected chi connectivity index (χ0v) is 10.0. The van der Waals surface area contributed by atoms with Crippen LogP contribution in [0.4, 0.5) is 10.1 Å². The minimum Gasteiger partial charge on any atom is -0.365 e. The van der Waals surface area contributed by atoms with Gasteiger partial charge in [-0.05, 0) is 18.2 Å². The fraction of sp³-hybridized carbons (Fsp3) is 0.250. The number of anilines is 1. The molecule has 0 spiro atoms. The molecular formula is C12H11FN4O. The molecule has 0 radical (unpaired) electrons. The topological polar surface area (TPSA) is 66.0 Å². The Balaban J connectivity index is 2.19. The molecule has 0 fully saturated rings. The number of benzene rings is 1. The maximum absolute atomic E-state index is 13.7. The van der Waals surface area contributed by atoms with E-state index in [2.05, 4.69) is 10.1 Å². The minimum atomic E-state index is -0.447. The van der Waals surface area contributed by atoms with Crippen LogP contribution in [-0.4, -0.2) is 17.2 Å². The second kappa shape index (κ2) is 4.84. The van der Waals surface area contributed by atoms with E-state index in [1.165, 1.54) is 6.07 Å². The van der Waals surface area contributed by atoms with Crippen molar-refractivity contribution in [2.75, 3.05) is 11.9 Å². The van der Waals surface area contributed by atoms with Gasteiger partial charge < -0.3 is 9.42 Å². The van der Waals surface area contributed by atoms with Crippen molar-refractivity contribution in [1.82, 2.24) is 10.1 Å². The highest BCUT2D eigenvalue weighted by atomic mass is 19.1. The van der Waals surface area contributed by atoms with Crippen molar-refractivity contribution < 1.29 is 8.91 Å². The second-order valence-electron chi connectivity index (χ2n) is 3.86. The van der Waals surface area contributed by atoms with Gasteiger partial charge in [0.25, 0.3) is 0 Å². The quantitative estimate of drug-likeness (QED) is 0.828. The van der Waals surface area contributed by atoms with Gasteiger partial charge in [-0.15, -0.1) is 0 Å². The third-order valence-electron chi connectivity index (χ3n) is 2.44. The predicted molar refractivity (Wildman–Crippen MR) is 62.3 cm³/mol. The third-order valence-corrected chi connectivity index (χ3v) is 2.44. The molecule has 0 aliphatic carbocycles. The summed E-state index contributed by atoms with van der Waals surface area (Å²) in [5.41, 5.74) is 0.677. The zero-order chi connectivity index (χ0) is 13.1. The van der Waals surface area contributed by atoms with Crippen molar-refractivity contribution >= 4 is 5.69 Å². The summed E-state index contributed by atoms with van der Waals surface area (Å²) in [5, 5.41) is 12.4. The molecular weight excluding hydrogens is 235 g/mol. The Bertz CT molecular complexity index is 602. The molecule has 0 unspecified atom stereocenters. The Kier molecular flexibility index (Phi) is 3.24. The predicted octanol–water partition coefficient (Wildman–Crippen LogP) is 2.03. The molecule has 2 rings (SSSR count). The summed E-state index contributed by atoms with van der Waals surface area (Å²) in [6, 6.07) is 6.21. The summed E-state index contributed by atoms with van der Waals surface area (Å²) >= 11 is 0. The van der Waals surface area contributed by atoms with Crippen LogP contribution in [0.2, 0.25) is 0 Å². The molecule has 2 aromatic rings. The molecule has 0 atom stereocenters. The van der Waals surface area contributed by atoms with Crippen LogP contribution in [0.15, 0.2) is 22.7 Å². The van der Waals surface area contributed by atoms with Gasteiger partial charge >= 0.3 is 0 Å². The van der Waals surface area contributed by atoms with Crippen LogP contribution in [0, 0.1) is 24.1 Å². The molecule has 0 aliphatic heterocycles. The molecule has 0 N–H and O–H groups in total. The van der Waals surface area contributed by atoms with Gasteiger partial charge in [-0.25, -0.2) is 4.39 Å². The molecule has 0 saturated heterocycles. The smallest absolute Gasteiger partial charge is 0.223 e. The molecule has 0 amide bonds. The first-order chi connectivity index (χ1) is 8.60. The Morgan fingerprint density at radius 1 is 1.50 bits per heavy atom. The highest BCUT2D eigenvalue weighted by Crippen LogP contribution is 2.20. The van der Waals surface area contributed by atoms with E-state index >= 15 is 0 Å². The van der Waals surface area contributed by atoms with Gasteiger partial charge in [0.1, 0.15) is 5.82 Å². The van der Waals surface area contributed by atoms with E-state index in [-0.39, 0.29) is 0 Å². The monoisotopic (exact) mass is 246 g/mol. The van der Waals surface area contributed by atoms with E-state index in [4.69, 9.17) is 9.78 Å².